The highest BCUT2D eigenvalue weighted by Gasteiger charge is 2.05. The van der Waals surface area contributed by atoms with Gasteiger partial charge in [-0.25, -0.2) is 9.37 Å². The molecule has 0 unspecified atom stereocenters. The molecule has 0 amide bonds. The van der Waals surface area contributed by atoms with Crippen LogP contribution in [0.4, 0.5) is 16.2 Å². The third-order valence-electron chi connectivity index (χ3n) is 4.13. The van der Waals surface area contributed by atoms with Crippen molar-refractivity contribution in [1.29, 1.82) is 0 Å². The largest absolute Gasteiger partial charge is 0.497 e. The van der Waals surface area contributed by atoms with Crippen molar-refractivity contribution in [2.45, 2.75) is 19.9 Å². The molecule has 5 nitrogen and oxygen atoms in total. The second kappa shape index (κ2) is 8.98. The van der Waals surface area contributed by atoms with Crippen LogP contribution >= 0.6 is 0 Å². The first kappa shape index (κ1) is 18.6. The lowest BCUT2D eigenvalue weighted by Crippen LogP contribution is -2.10. The number of nitrogens with zero attached hydrogens (tertiary/aromatic N) is 2. The van der Waals surface area contributed by atoms with Crippen LogP contribution in [0.5, 0.6) is 5.75 Å². The molecule has 0 aliphatic carbocycles. The van der Waals surface area contributed by atoms with Gasteiger partial charge < -0.3 is 15.4 Å². The van der Waals surface area contributed by atoms with Gasteiger partial charge in [0.15, 0.2) is 0 Å². The van der Waals surface area contributed by atoms with Crippen LogP contribution in [-0.4, -0.2) is 23.6 Å². The van der Waals surface area contributed by atoms with Crippen LogP contribution in [0, 0.1) is 12.7 Å². The molecule has 140 valence electrons. The van der Waals surface area contributed by atoms with Gasteiger partial charge >= 0.3 is 0 Å². The average Bonchev–Trinajstić information content (AvgIpc) is 2.67. The quantitative estimate of drug-likeness (QED) is 0.626. The molecule has 27 heavy (non-hydrogen) atoms. The molecule has 0 saturated carbocycles. The molecule has 1 aromatic heterocycles. The molecule has 0 aliphatic heterocycles. The molecule has 2 N–H and O–H groups in total. The minimum absolute atomic E-state index is 0.240. The Morgan fingerprint density at radius 1 is 1.00 bits per heavy atom. The molecule has 0 aliphatic rings. The smallest absolute Gasteiger partial charge is 0.225 e. The topological polar surface area (TPSA) is 59.1 Å². The van der Waals surface area contributed by atoms with Crippen molar-refractivity contribution in [3.05, 3.63) is 77.2 Å². The minimum Gasteiger partial charge on any atom is -0.497 e. The molecule has 0 saturated heterocycles. The summed E-state index contributed by atoms with van der Waals surface area (Å²) in [4.78, 5) is 8.83. The fourth-order valence-corrected chi connectivity index (χ4v) is 2.68. The van der Waals surface area contributed by atoms with E-state index in [1.165, 1.54) is 11.6 Å². The van der Waals surface area contributed by atoms with Crippen molar-refractivity contribution < 1.29 is 9.13 Å². The summed E-state index contributed by atoms with van der Waals surface area (Å²) in [6, 6.07) is 16.6. The Hall–Kier alpha value is -3.15. The van der Waals surface area contributed by atoms with E-state index < -0.39 is 0 Å². The summed E-state index contributed by atoms with van der Waals surface area (Å²) in [6.07, 6.45) is 0.866. The van der Waals surface area contributed by atoms with E-state index in [2.05, 4.69) is 20.6 Å². The molecule has 0 bridgehead atoms. The summed E-state index contributed by atoms with van der Waals surface area (Å²) >= 11 is 0. The number of hydrogen-bond donors (Lipinski definition) is 2. The van der Waals surface area contributed by atoms with Gasteiger partial charge in [-0.15, -0.1) is 0 Å². The Morgan fingerprint density at radius 2 is 1.78 bits per heavy atom. The Balaban J connectivity index is 1.57. The monoisotopic (exact) mass is 366 g/mol. The number of methoxy groups -OCH3 is 1. The highest BCUT2D eigenvalue weighted by atomic mass is 19.1. The van der Waals surface area contributed by atoms with E-state index in [1.807, 2.05) is 43.3 Å². The van der Waals surface area contributed by atoms with Gasteiger partial charge in [0.2, 0.25) is 5.95 Å². The first-order valence-electron chi connectivity index (χ1n) is 8.84. The SMILES string of the molecule is COc1ccc(CCNc2cc(C)nc(NCc3ccccc3F)n2)cc1. The van der Waals surface area contributed by atoms with Gasteiger partial charge in [-0.1, -0.05) is 30.3 Å². The van der Waals surface area contributed by atoms with E-state index in [9.17, 15) is 4.39 Å². The summed E-state index contributed by atoms with van der Waals surface area (Å²) < 4.78 is 18.9. The second-order valence-electron chi connectivity index (χ2n) is 6.19. The van der Waals surface area contributed by atoms with Crippen molar-refractivity contribution in [2.24, 2.45) is 0 Å². The number of nitrogens with one attached hydrogen (secondary N) is 2. The van der Waals surface area contributed by atoms with Crippen LogP contribution < -0.4 is 15.4 Å². The number of halogens is 1. The summed E-state index contributed by atoms with van der Waals surface area (Å²) in [6.45, 7) is 2.99. The Kier molecular flexibility index (Phi) is 6.20. The lowest BCUT2D eigenvalue weighted by atomic mass is 10.1. The fraction of sp³-hybridized carbons (Fsp3) is 0.238. The summed E-state index contributed by atoms with van der Waals surface area (Å²) in [7, 11) is 1.66. The molecular weight excluding hydrogens is 343 g/mol. The highest BCUT2D eigenvalue weighted by molar-refractivity contribution is 5.42. The van der Waals surface area contributed by atoms with Crippen molar-refractivity contribution in [1.82, 2.24) is 9.97 Å². The summed E-state index contributed by atoms with van der Waals surface area (Å²) in [5.41, 5.74) is 2.64. The first-order valence-corrected chi connectivity index (χ1v) is 8.84. The van der Waals surface area contributed by atoms with Crippen molar-refractivity contribution in [3.8, 4) is 5.75 Å². The van der Waals surface area contributed by atoms with E-state index in [1.54, 1.807) is 19.2 Å². The maximum absolute atomic E-state index is 13.7. The molecule has 6 heteroatoms. The minimum atomic E-state index is -0.240. The molecule has 3 rings (SSSR count). The zero-order valence-corrected chi connectivity index (χ0v) is 15.5. The molecule has 0 fully saturated rings. The molecule has 0 atom stereocenters. The molecule has 3 aromatic rings. The number of rotatable bonds is 8. The van der Waals surface area contributed by atoms with Crippen LogP contribution in [-0.2, 0) is 13.0 Å². The average molecular weight is 366 g/mol. The Labute approximate surface area is 158 Å². The van der Waals surface area contributed by atoms with Crippen LogP contribution in [0.3, 0.4) is 0 Å². The van der Waals surface area contributed by atoms with Gasteiger partial charge in [-0.2, -0.15) is 4.98 Å². The third kappa shape index (κ3) is 5.41. The van der Waals surface area contributed by atoms with Gasteiger partial charge in [0, 0.05) is 30.4 Å². The lowest BCUT2D eigenvalue weighted by molar-refractivity contribution is 0.414. The Bertz CT molecular complexity index is 884. The number of aryl methyl sites for hydroxylation is 1. The lowest BCUT2D eigenvalue weighted by Gasteiger charge is -2.10. The molecule has 0 radical (unpaired) electrons. The molecule has 1 heterocycles. The maximum Gasteiger partial charge on any atom is 0.225 e. The van der Waals surface area contributed by atoms with E-state index in [0.717, 1.165) is 30.2 Å². The predicted molar refractivity (Wildman–Crippen MR) is 106 cm³/mol. The van der Waals surface area contributed by atoms with Crippen molar-refractivity contribution in [3.63, 3.8) is 0 Å². The number of hydrogen-bond acceptors (Lipinski definition) is 5. The van der Waals surface area contributed by atoms with Gasteiger partial charge in [-0.3, -0.25) is 0 Å². The van der Waals surface area contributed by atoms with Crippen LogP contribution in [0.1, 0.15) is 16.8 Å². The number of benzene rings is 2. The van der Waals surface area contributed by atoms with Gasteiger partial charge in [0.1, 0.15) is 17.4 Å². The van der Waals surface area contributed by atoms with Crippen LogP contribution in [0.15, 0.2) is 54.6 Å². The number of anilines is 2. The predicted octanol–water partition coefficient (Wildman–Crippen LogP) is 4.20. The van der Waals surface area contributed by atoms with Crippen LogP contribution in [0.25, 0.3) is 0 Å². The number of ether oxygens (including phenoxy) is 1. The van der Waals surface area contributed by atoms with E-state index in [4.69, 9.17) is 4.74 Å². The second-order valence-corrected chi connectivity index (χ2v) is 6.19. The zero-order chi connectivity index (χ0) is 19.1. The fourth-order valence-electron chi connectivity index (χ4n) is 2.68. The van der Waals surface area contributed by atoms with Crippen LogP contribution in [0.2, 0.25) is 0 Å². The van der Waals surface area contributed by atoms with Crippen molar-refractivity contribution >= 4 is 11.8 Å². The third-order valence-corrected chi connectivity index (χ3v) is 4.13. The maximum atomic E-state index is 13.7. The normalized spacial score (nSPS) is 10.5. The number of aromatic nitrogens is 2. The Morgan fingerprint density at radius 3 is 2.52 bits per heavy atom. The molecule has 2 aromatic carbocycles. The standard InChI is InChI=1S/C21H23FN4O/c1-15-13-20(23-12-11-16-7-9-18(27-2)10-8-16)26-21(25-15)24-14-17-5-3-4-6-19(17)22/h3-10,13H,11-12,14H2,1-2H3,(H2,23,24,25,26). The van der Waals surface area contributed by atoms with Crippen molar-refractivity contribution in [2.75, 3.05) is 24.3 Å². The zero-order valence-electron chi connectivity index (χ0n) is 15.5. The van der Waals surface area contributed by atoms with Gasteiger partial charge in [0.05, 0.1) is 7.11 Å². The summed E-state index contributed by atoms with van der Waals surface area (Å²) in [5, 5.41) is 6.40. The first-order chi connectivity index (χ1) is 13.1. The van der Waals surface area contributed by atoms with Gasteiger partial charge in [-0.05, 0) is 37.1 Å². The van der Waals surface area contributed by atoms with E-state index >= 15 is 0 Å². The van der Waals surface area contributed by atoms with E-state index in [-0.39, 0.29) is 5.82 Å². The molecular formula is C21H23FN4O. The molecule has 0 spiro atoms. The highest BCUT2D eigenvalue weighted by Crippen LogP contribution is 2.14. The van der Waals surface area contributed by atoms with E-state index in [0.29, 0.717) is 18.1 Å². The summed E-state index contributed by atoms with van der Waals surface area (Å²) in [5.74, 6) is 1.83. The van der Waals surface area contributed by atoms with Gasteiger partial charge in [0.25, 0.3) is 0 Å².